The predicted octanol–water partition coefficient (Wildman–Crippen LogP) is 5.46. The van der Waals surface area contributed by atoms with E-state index in [4.69, 9.17) is 14.2 Å². The Hall–Kier alpha value is -0.460. The maximum absolute atomic E-state index is 10.4. The second kappa shape index (κ2) is 9.02. The fourth-order valence-corrected chi connectivity index (χ4v) is 12.2. The molecule has 2 aliphatic heterocycles. The smallest absolute Gasteiger partial charge is 0.0787 e. The van der Waals surface area contributed by atoms with Crippen LogP contribution < -0.4 is 0 Å². The fourth-order valence-electron chi connectivity index (χ4n) is 12.2. The van der Waals surface area contributed by atoms with Crippen LogP contribution in [0.5, 0.6) is 0 Å². The lowest BCUT2D eigenvalue weighted by Gasteiger charge is -2.50. The number of fused-ring (bicyclic) bond motifs is 6. The first-order valence-electron chi connectivity index (χ1n) is 16.1. The highest BCUT2D eigenvalue weighted by atomic mass is 16.5. The number of likely N-dealkylation sites (tertiary alicyclic amines) is 1. The van der Waals surface area contributed by atoms with Crippen molar-refractivity contribution in [2.45, 2.75) is 109 Å². The van der Waals surface area contributed by atoms with E-state index in [2.05, 4.69) is 38.7 Å². The Labute approximate surface area is 231 Å². The first-order valence-corrected chi connectivity index (χ1v) is 16.1. The van der Waals surface area contributed by atoms with Crippen molar-refractivity contribution in [1.82, 2.24) is 4.90 Å². The van der Waals surface area contributed by atoms with Crippen molar-refractivity contribution < 1.29 is 19.3 Å². The number of methoxy groups -OCH3 is 1. The summed E-state index contributed by atoms with van der Waals surface area (Å²) in [6.07, 6.45) is 13.8. The minimum Gasteiger partial charge on any atom is -0.389 e. The maximum atomic E-state index is 10.4. The lowest BCUT2D eigenvalue weighted by atomic mass is 9.56. The lowest BCUT2D eigenvalue weighted by molar-refractivity contribution is -0.148. The first-order chi connectivity index (χ1) is 18.2. The number of aliphatic hydroxyl groups excluding tert-OH is 1. The van der Waals surface area contributed by atoms with Gasteiger partial charge in [0.25, 0.3) is 0 Å². The molecule has 5 nitrogen and oxygen atoms in total. The quantitative estimate of drug-likeness (QED) is 0.367. The molecule has 0 aromatic rings. The number of hydrogen-bond donors (Lipinski definition) is 1. The molecule has 6 fully saturated rings. The van der Waals surface area contributed by atoms with Gasteiger partial charge in [0, 0.05) is 37.6 Å². The molecule has 0 aromatic heterocycles. The summed E-state index contributed by atoms with van der Waals surface area (Å²) in [5.41, 5.74) is 2.74. The second-order valence-electron chi connectivity index (χ2n) is 15.3. The van der Waals surface area contributed by atoms with Crippen LogP contribution in [0.1, 0.15) is 85.5 Å². The molecule has 5 aliphatic carbocycles. The third-order valence-electron chi connectivity index (χ3n) is 13.9. The molecule has 5 heteroatoms. The molecule has 2 spiro atoms. The van der Waals surface area contributed by atoms with Gasteiger partial charge in [-0.3, -0.25) is 4.90 Å². The van der Waals surface area contributed by atoms with Crippen molar-refractivity contribution in [3.63, 3.8) is 0 Å². The Morgan fingerprint density at radius 2 is 1.92 bits per heavy atom. The van der Waals surface area contributed by atoms with E-state index in [1.807, 2.05) is 0 Å². The van der Waals surface area contributed by atoms with Gasteiger partial charge >= 0.3 is 0 Å². The number of ether oxygens (including phenoxy) is 3. The van der Waals surface area contributed by atoms with Crippen molar-refractivity contribution in [1.29, 1.82) is 0 Å². The highest BCUT2D eigenvalue weighted by Gasteiger charge is 2.84. The summed E-state index contributed by atoms with van der Waals surface area (Å²) in [5.74, 6) is 3.82. The van der Waals surface area contributed by atoms with Gasteiger partial charge in [0.05, 0.1) is 37.6 Å². The largest absolute Gasteiger partial charge is 0.389 e. The van der Waals surface area contributed by atoms with Gasteiger partial charge in [-0.1, -0.05) is 39.3 Å². The Morgan fingerprint density at radius 1 is 1.08 bits per heavy atom. The van der Waals surface area contributed by atoms with E-state index < -0.39 is 0 Å². The number of allylic oxidation sites excluding steroid dienone is 1. The van der Waals surface area contributed by atoms with Crippen molar-refractivity contribution >= 4 is 0 Å². The van der Waals surface area contributed by atoms with E-state index in [1.54, 1.807) is 12.7 Å². The molecular formula is C33H53NO4. The molecule has 2 saturated heterocycles. The molecule has 4 saturated carbocycles. The number of piperidine rings is 1. The van der Waals surface area contributed by atoms with Crippen LogP contribution in [-0.2, 0) is 14.2 Å². The Balaban J connectivity index is 1.14. The van der Waals surface area contributed by atoms with Gasteiger partial charge in [0.1, 0.15) is 0 Å². The number of nitrogens with zero attached hydrogens (tertiary/aromatic N) is 1. The van der Waals surface area contributed by atoms with Gasteiger partial charge in [-0.15, -0.1) is 0 Å². The van der Waals surface area contributed by atoms with Crippen LogP contribution in [0.15, 0.2) is 11.6 Å². The first kappa shape index (κ1) is 26.4. The van der Waals surface area contributed by atoms with Crippen LogP contribution in [0.25, 0.3) is 0 Å². The number of hydrogen-bond acceptors (Lipinski definition) is 5. The summed E-state index contributed by atoms with van der Waals surface area (Å²) in [7, 11) is 1.74. The van der Waals surface area contributed by atoms with Gasteiger partial charge in [-0.25, -0.2) is 0 Å². The zero-order valence-electron chi connectivity index (χ0n) is 24.7. The Bertz CT molecular complexity index is 969. The summed E-state index contributed by atoms with van der Waals surface area (Å²) in [4.78, 5) is 2.75. The van der Waals surface area contributed by atoms with Crippen molar-refractivity contribution in [2.24, 2.45) is 45.8 Å². The SMILES string of the molecule is COCCOCCN1C[C@@H](C)C[C@H]2OC3(CC[C@H]4[C@@H]5CCC6=C[C@@H](O)CC[C@]6(C)[C@H]5CC45CC53C)[C@H](C)[C@@H]21. The summed E-state index contributed by atoms with van der Waals surface area (Å²) < 4.78 is 18.6. The van der Waals surface area contributed by atoms with Gasteiger partial charge in [-0.2, -0.15) is 0 Å². The van der Waals surface area contributed by atoms with Crippen LogP contribution in [0.2, 0.25) is 0 Å². The van der Waals surface area contributed by atoms with Crippen LogP contribution >= 0.6 is 0 Å². The fraction of sp³-hybridized carbons (Fsp3) is 0.939. The maximum Gasteiger partial charge on any atom is 0.0787 e. The molecule has 38 heavy (non-hydrogen) atoms. The van der Waals surface area contributed by atoms with E-state index >= 15 is 0 Å². The molecular weight excluding hydrogens is 474 g/mol. The van der Waals surface area contributed by atoms with E-state index in [9.17, 15) is 5.11 Å². The van der Waals surface area contributed by atoms with Crippen LogP contribution in [0.4, 0.5) is 0 Å². The van der Waals surface area contributed by atoms with Crippen LogP contribution in [0, 0.1) is 45.8 Å². The lowest BCUT2D eigenvalue weighted by Crippen LogP contribution is -2.55. The summed E-state index contributed by atoms with van der Waals surface area (Å²) in [6, 6.07) is 0.527. The molecule has 0 bridgehead atoms. The molecule has 7 aliphatic rings. The molecule has 3 unspecified atom stereocenters. The molecule has 0 radical (unpaired) electrons. The third kappa shape index (κ3) is 3.41. The van der Waals surface area contributed by atoms with E-state index in [-0.39, 0.29) is 11.7 Å². The predicted molar refractivity (Wildman–Crippen MR) is 149 cm³/mol. The van der Waals surface area contributed by atoms with E-state index in [1.165, 1.54) is 57.9 Å². The van der Waals surface area contributed by atoms with Crippen molar-refractivity contribution in [3.8, 4) is 0 Å². The summed E-state index contributed by atoms with van der Waals surface area (Å²) in [6.45, 7) is 14.5. The second-order valence-corrected chi connectivity index (χ2v) is 15.3. The summed E-state index contributed by atoms with van der Waals surface area (Å²) in [5, 5.41) is 10.4. The molecule has 2 heterocycles. The number of aliphatic hydroxyl groups is 1. The van der Waals surface area contributed by atoms with Crippen LogP contribution in [-0.4, -0.2) is 73.9 Å². The normalized spacial score (nSPS) is 55.1. The Kier molecular flexibility index (Phi) is 6.27. The molecule has 0 aromatic carbocycles. The van der Waals surface area contributed by atoms with Gasteiger partial charge in [0.2, 0.25) is 0 Å². The van der Waals surface area contributed by atoms with Gasteiger partial charge in [-0.05, 0) is 92.3 Å². The molecule has 1 N–H and O–H groups in total. The van der Waals surface area contributed by atoms with Gasteiger partial charge < -0.3 is 19.3 Å². The topological polar surface area (TPSA) is 51.2 Å². The molecule has 12 atom stereocenters. The minimum absolute atomic E-state index is 0.0356. The van der Waals surface area contributed by atoms with Crippen molar-refractivity contribution in [2.75, 3.05) is 40.0 Å². The Morgan fingerprint density at radius 3 is 2.74 bits per heavy atom. The monoisotopic (exact) mass is 527 g/mol. The third-order valence-corrected chi connectivity index (χ3v) is 13.9. The van der Waals surface area contributed by atoms with E-state index in [0.717, 1.165) is 37.3 Å². The molecule has 0 amide bonds. The highest BCUT2D eigenvalue weighted by molar-refractivity contribution is 5.35. The molecule has 7 rings (SSSR count). The highest BCUT2D eigenvalue weighted by Crippen LogP contribution is 2.87. The zero-order valence-corrected chi connectivity index (χ0v) is 24.7. The summed E-state index contributed by atoms with van der Waals surface area (Å²) >= 11 is 0. The number of rotatable bonds is 6. The standard InChI is InChI=1S/C33H53NO4/c1-21-16-28-29(34(19-21)12-13-37-15-14-36-5)22(2)33(38-28)11-9-26-25-7-6-23-17-24(35)8-10-30(23,3)27(25)18-32(26)20-31(32,33)4/h17,21-22,24-29,35H,6-16,18-20H2,1-5H3/t21-,22+,24-,25-,26-,27-,28+,29-,30-,31?,32?,33?/m0/s1. The van der Waals surface area contributed by atoms with E-state index in [0.29, 0.717) is 53.4 Å². The average molecular weight is 528 g/mol. The minimum atomic E-state index is -0.210. The average Bonchev–Trinajstić information content (AvgIpc) is 3.22. The van der Waals surface area contributed by atoms with Gasteiger partial charge in [0.15, 0.2) is 0 Å². The zero-order chi connectivity index (χ0) is 26.5. The van der Waals surface area contributed by atoms with Crippen molar-refractivity contribution in [3.05, 3.63) is 11.6 Å². The molecule has 214 valence electrons. The van der Waals surface area contributed by atoms with Crippen LogP contribution in [0.3, 0.4) is 0 Å².